The molecule has 0 saturated carbocycles. The number of pyridine rings is 1. The topological polar surface area (TPSA) is 69.4 Å². The normalized spacial score (nSPS) is 11.7. The summed E-state index contributed by atoms with van der Waals surface area (Å²) in [6.07, 6.45) is 4.41. The van der Waals surface area contributed by atoms with E-state index in [4.69, 9.17) is 8.60 Å². The van der Waals surface area contributed by atoms with E-state index in [-0.39, 0.29) is 10.6 Å². The Hall–Kier alpha value is -1.61. The molecule has 0 atom stereocenters. The molecule has 0 bridgehead atoms. The van der Waals surface area contributed by atoms with Crippen LogP contribution in [0.25, 0.3) is 11.0 Å². The predicted molar refractivity (Wildman–Crippen MR) is 81.0 cm³/mol. The molecular weight excluding hydrogens is 393 g/mol. The Morgan fingerprint density at radius 1 is 1.25 bits per heavy atom. The molecule has 3 aromatic rings. The van der Waals surface area contributed by atoms with Crippen molar-refractivity contribution in [2.24, 2.45) is 0 Å². The minimum atomic E-state index is -3.89. The van der Waals surface area contributed by atoms with Gasteiger partial charge in [-0.1, -0.05) is 0 Å². The lowest BCUT2D eigenvalue weighted by atomic mass is 10.3. The number of nitrogens with zero attached hydrogens (tertiary/aromatic N) is 1. The molecule has 0 saturated heterocycles. The van der Waals surface area contributed by atoms with Gasteiger partial charge in [-0.15, -0.1) is 0 Å². The van der Waals surface area contributed by atoms with Crippen molar-refractivity contribution < 1.29 is 17.0 Å². The average molecular weight is 401 g/mol. The third-order valence-corrected chi connectivity index (χ3v) is 4.63. The van der Waals surface area contributed by atoms with Crippen molar-refractivity contribution in [1.82, 2.24) is 4.98 Å². The summed E-state index contributed by atoms with van der Waals surface area (Å²) in [6.45, 7) is 0. The van der Waals surface area contributed by atoms with Gasteiger partial charge in [-0.25, -0.2) is 0 Å². The summed E-state index contributed by atoms with van der Waals surface area (Å²) >= 11 is 2.03. The summed E-state index contributed by atoms with van der Waals surface area (Å²) < 4.78 is 35.5. The van der Waals surface area contributed by atoms with Gasteiger partial charge >= 0.3 is 10.1 Å². The number of fused-ring (bicyclic) bond motifs is 1. The third kappa shape index (κ3) is 2.50. The first-order chi connectivity index (χ1) is 9.56. The van der Waals surface area contributed by atoms with Crippen LogP contribution in [0.3, 0.4) is 0 Å². The Balaban J connectivity index is 2.05. The van der Waals surface area contributed by atoms with Gasteiger partial charge in [0, 0.05) is 11.6 Å². The van der Waals surface area contributed by atoms with Crippen LogP contribution < -0.4 is 4.18 Å². The summed E-state index contributed by atoms with van der Waals surface area (Å²) in [5.74, 6) is 0.176. The summed E-state index contributed by atoms with van der Waals surface area (Å²) in [7, 11) is -3.89. The van der Waals surface area contributed by atoms with Gasteiger partial charge in [0.15, 0.2) is 5.75 Å². The van der Waals surface area contributed by atoms with Crippen molar-refractivity contribution >= 4 is 43.7 Å². The largest absolute Gasteiger partial charge is 0.463 e. The zero-order chi connectivity index (χ0) is 14.2. The molecule has 5 nitrogen and oxygen atoms in total. The second kappa shape index (κ2) is 5.06. The fourth-order valence-corrected chi connectivity index (χ4v) is 3.69. The summed E-state index contributed by atoms with van der Waals surface area (Å²) in [4.78, 5) is 3.90. The smallest absolute Gasteiger partial charge is 0.339 e. The SMILES string of the molecule is O=S(=O)(Oc1cccnc1)c1cc(I)c2occc2c1. The zero-order valence-corrected chi connectivity index (χ0v) is 13.0. The van der Waals surface area contributed by atoms with Gasteiger partial charge in [0.25, 0.3) is 0 Å². The third-order valence-electron chi connectivity index (χ3n) is 2.61. The van der Waals surface area contributed by atoms with Crippen LogP contribution in [0.2, 0.25) is 0 Å². The highest BCUT2D eigenvalue weighted by Crippen LogP contribution is 2.27. The minimum absolute atomic E-state index is 0.0830. The highest BCUT2D eigenvalue weighted by atomic mass is 127. The molecule has 0 amide bonds. The van der Waals surface area contributed by atoms with Crippen molar-refractivity contribution in [3.63, 3.8) is 0 Å². The van der Waals surface area contributed by atoms with Crippen molar-refractivity contribution in [2.75, 3.05) is 0 Å². The maximum Gasteiger partial charge on any atom is 0.339 e. The maximum atomic E-state index is 12.2. The molecule has 3 rings (SSSR count). The molecule has 2 heterocycles. The van der Waals surface area contributed by atoms with Crippen LogP contribution >= 0.6 is 22.6 Å². The first-order valence-electron chi connectivity index (χ1n) is 5.57. The van der Waals surface area contributed by atoms with E-state index in [0.29, 0.717) is 14.5 Å². The Bertz CT molecular complexity index is 858. The maximum absolute atomic E-state index is 12.2. The Morgan fingerprint density at radius 3 is 2.85 bits per heavy atom. The molecule has 0 N–H and O–H groups in total. The number of benzene rings is 1. The molecule has 0 aliphatic carbocycles. The van der Waals surface area contributed by atoms with Crippen LogP contribution in [-0.2, 0) is 10.1 Å². The van der Waals surface area contributed by atoms with Crippen LogP contribution in [-0.4, -0.2) is 13.4 Å². The quantitative estimate of drug-likeness (QED) is 0.498. The number of aromatic nitrogens is 1. The van der Waals surface area contributed by atoms with Crippen molar-refractivity contribution in [3.8, 4) is 5.75 Å². The molecule has 102 valence electrons. The van der Waals surface area contributed by atoms with Crippen LogP contribution in [0, 0.1) is 3.57 Å². The number of rotatable bonds is 3. The Morgan fingerprint density at radius 2 is 2.10 bits per heavy atom. The van der Waals surface area contributed by atoms with E-state index >= 15 is 0 Å². The van der Waals surface area contributed by atoms with E-state index in [1.807, 2.05) is 22.6 Å². The van der Waals surface area contributed by atoms with Crippen LogP contribution in [0.15, 0.2) is 58.3 Å². The second-order valence-electron chi connectivity index (χ2n) is 3.97. The molecular formula is C13H8INO4S. The van der Waals surface area contributed by atoms with E-state index in [1.54, 1.807) is 18.3 Å². The van der Waals surface area contributed by atoms with Crippen molar-refractivity contribution in [2.45, 2.75) is 4.90 Å². The molecule has 0 aliphatic heterocycles. The second-order valence-corrected chi connectivity index (χ2v) is 6.68. The molecule has 2 aromatic heterocycles. The number of hydrogen-bond donors (Lipinski definition) is 0. The van der Waals surface area contributed by atoms with Crippen LogP contribution in [0.1, 0.15) is 0 Å². The summed E-state index contributed by atoms with van der Waals surface area (Å²) in [6, 6.07) is 7.88. The van der Waals surface area contributed by atoms with E-state index in [1.165, 1.54) is 30.7 Å². The molecule has 0 fully saturated rings. The van der Waals surface area contributed by atoms with Crippen molar-refractivity contribution in [1.29, 1.82) is 0 Å². The van der Waals surface area contributed by atoms with Gasteiger partial charge < -0.3 is 8.60 Å². The van der Waals surface area contributed by atoms with Gasteiger partial charge in [0.1, 0.15) is 10.5 Å². The summed E-state index contributed by atoms with van der Waals surface area (Å²) in [5, 5.41) is 0.713. The lowest BCUT2D eigenvalue weighted by Crippen LogP contribution is -2.10. The zero-order valence-electron chi connectivity index (χ0n) is 9.99. The summed E-state index contributed by atoms with van der Waals surface area (Å²) in [5.41, 5.74) is 0.658. The Labute approximate surface area is 128 Å². The minimum Gasteiger partial charge on any atom is -0.463 e. The molecule has 0 radical (unpaired) electrons. The highest BCUT2D eigenvalue weighted by molar-refractivity contribution is 14.1. The van der Waals surface area contributed by atoms with Crippen LogP contribution in [0.5, 0.6) is 5.75 Å². The molecule has 1 aromatic carbocycles. The van der Waals surface area contributed by atoms with Gasteiger partial charge in [-0.05, 0) is 52.9 Å². The highest BCUT2D eigenvalue weighted by Gasteiger charge is 2.19. The van der Waals surface area contributed by atoms with Crippen molar-refractivity contribution in [3.05, 3.63) is 52.6 Å². The van der Waals surface area contributed by atoms with Crippen LogP contribution in [0.4, 0.5) is 0 Å². The molecule has 7 heteroatoms. The fraction of sp³-hybridized carbons (Fsp3) is 0. The van der Waals surface area contributed by atoms with E-state index in [0.717, 1.165) is 0 Å². The molecule has 0 aliphatic rings. The standard InChI is InChI=1S/C13H8INO4S/c14-12-7-11(6-9-3-5-18-13(9)12)20(16,17)19-10-2-1-4-15-8-10/h1-8H. The average Bonchev–Trinajstić information content (AvgIpc) is 2.88. The fourth-order valence-electron chi connectivity index (χ4n) is 1.73. The van der Waals surface area contributed by atoms with Gasteiger partial charge in [0.2, 0.25) is 0 Å². The van der Waals surface area contributed by atoms with Gasteiger partial charge in [-0.3, -0.25) is 4.98 Å². The predicted octanol–water partition coefficient (Wildman–Crippen LogP) is 3.20. The lowest BCUT2D eigenvalue weighted by molar-refractivity contribution is 0.485. The number of hydrogen-bond acceptors (Lipinski definition) is 5. The molecule has 0 spiro atoms. The Kier molecular flexibility index (Phi) is 3.38. The number of furan rings is 1. The first kappa shape index (κ1) is 13.4. The van der Waals surface area contributed by atoms with Gasteiger partial charge in [0.05, 0.1) is 16.0 Å². The molecule has 0 unspecified atom stereocenters. The van der Waals surface area contributed by atoms with E-state index in [9.17, 15) is 8.42 Å². The molecule has 20 heavy (non-hydrogen) atoms. The number of halogens is 1. The monoisotopic (exact) mass is 401 g/mol. The van der Waals surface area contributed by atoms with E-state index < -0.39 is 10.1 Å². The first-order valence-corrected chi connectivity index (χ1v) is 8.06. The van der Waals surface area contributed by atoms with E-state index in [2.05, 4.69) is 4.98 Å². The lowest BCUT2D eigenvalue weighted by Gasteiger charge is -2.07. The van der Waals surface area contributed by atoms with Gasteiger partial charge in [-0.2, -0.15) is 8.42 Å².